The van der Waals surface area contributed by atoms with Gasteiger partial charge in [-0.25, -0.2) is 0 Å². The number of aromatic hydroxyl groups is 1. The molecule has 0 spiro atoms. The lowest BCUT2D eigenvalue weighted by Crippen LogP contribution is -2.13. The van der Waals surface area contributed by atoms with E-state index in [2.05, 4.69) is 15.5 Å². The van der Waals surface area contributed by atoms with Crippen molar-refractivity contribution in [1.29, 1.82) is 0 Å². The average Bonchev–Trinajstić information content (AvgIpc) is 2.88. The second-order valence-electron chi connectivity index (χ2n) is 8.29. The maximum absolute atomic E-state index is 13.3. The number of ether oxygens (including phenoxy) is 1. The molecule has 1 amide bonds. The van der Waals surface area contributed by atoms with Crippen LogP contribution in [0.5, 0.6) is 11.5 Å². The summed E-state index contributed by atoms with van der Waals surface area (Å²) in [5.74, 6) is -0.759. The minimum Gasteiger partial charge on any atom is -0.505 e. The van der Waals surface area contributed by atoms with E-state index in [1.807, 2.05) is 0 Å². The van der Waals surface area contributed by atoms with Crippen LogP contribution in [0.1, 0.15) is 29.8 Å². The number of para-hydroxylation sites is 1. The number of hydrogen-bond acceptors (Lipinski definition) is 7. The van der Waals surface area contributed by atoms with Crippen LogP contribution < -0.4 is 10.1 Å². The number of phenolic OH excluding ortho intramolecular Hbond substituents is 1. The van der Waals surface area contributed by atoms with Crippen molar-refractivity contribution in [2.45, 2.75) is 25.2 Å². The van der Waals surface area contributed by atoms with Crippen molar-refractivity contribution in [3.05, 3.63) is 81.8 Å². The summed E-state index contributed by atoms with van der Waals surface area (Å²) in [4.78, 5) is 12.9. The maximum atomic E-state index is 13.3. The first kappa shape index (κ1) is 28.3. The molecule has 9 nitrogen and oxygen atoms in total. The molecule has 0 radical (unpaired) electrons. The summed E-state index contributed by atoms with van der Waals surface area (Å²) in [5.41, 5.74) is 0.697. The molecule has 0 aliphatic carbocycles. The zero-order valence-electron chi connectivity index (χ0n) is 20.8. The molecule has 0 aliphatic heterocycles. The molecule has 0 saturated carbocycles. The molecular formula is C27H23Cl2N3O6S. The van der Waals surface area contributed by atoms with Crippen molar-refractivity contribution in [1.82, 2.24) is 0 Å². The van der Waals surface area contributed by atoms with Crippen LogP contribution in [0, 0.1) is 0 Å². The van der Waals surface area contributed by atoms with Gasteiger partial charge < -0.3 is 15.2 Å². The van der Waals surface area contributed by atoms with Crippen molar-refractivity contribution >= 4 is 67.1 Å². The van der Waals surface area contributed by atoms with Crippen LogP contribution in [-0.2, 0) is 16.5 Å². The fourth-order valence-corrected chi connectivity index (χ4v) is 5.63. The van der Waals surface area contributed by atoms with Gasteiger partial charge in [0.1, 0.15) is 10.6 Å². The molecule has 0 aliphatic rings. The predicted octanol–water partition coefficient (Wildman–Crippen LogP) is 7.73. The van der Waals surface area contributed by atoms with E-state index < -0.39 is 26.7 Å². The molecule has 4 aromatic carbocycles. The Kier molecular flexibility index (Phi) is 8.41. The number of azo groups is 1. The Morgan fingerprint density at radius 3 is 2.44 bits per heavy atom. The quantitative estimate of drug-likeness (QED) is 0.142. The lowest BCUT2D eigenvalue weighted by Gasteiger charge is -2.14. The Morgan fingerprint density at radius 1 is 1.00 bits per heavy atom. The first-order valence-electron chi connectivity index (χ1n) is 11.7. The van der Waals surface area contributed by atoms with Crippen molar-refractivity contribution in [3.63, 3.8) is 0 Å². The van der Waals surface area contributed by atoms with Crippen LogP contribution >= 0.6 is 23.2 Å². The van der Waals surface area contributed by atoms with Crippen molar-refractivity contribution in [2.24, 2.45) is 10.2 Å². The normalized spacial score (nSPS) is 11.7. The van der Waals surface area contributed by atoms with Gasteiger partial charge in [-0.1, -0.05) is 60.5 Å². The monoisotopic (exact) mass is 587 g/mol. The minimum atomic E-state index is -4.55. The van der Waals surface area contributed by atoms with E-state index >= 15 is 0 Å². The number of anilines is 1. The fraction of sp³-hybridized carbons (Fsp3) is 0.148. The molecule has 0 fully saturated rings. The molecule has 0 aromatic heterocycles. The number of rotatable bonds is 8. The van der Waals surface area contributed by atoms with E-state index in [1.165, 1.54) is 18.2 Å². The van der Waals surface area contributed by atoms with Gasteiger partial charge in [0.25, 0.3) is 16.0 Å². The molecule has 12 heteroatoms. The smallest absolute Gasteiger partial charge is 0.296 e. The van der Waals surface area contributed by atoms with Gasteiger partial charge in [0, 0.05) is 5.39 Å². The lowest BCUT2D eigenvalue weighted by molar-refractivity contribution is 0.102. The standard InChI is InChI=1S/C27H23Cl2N3O6S/c1-3-15-12-17(14-21(29)26(15)39(35,36)37)31-32-23-18-9-6-5-8-16(18)13-19(24(23)33)27(34)30-22-11-7-10-20(28)25(22)38-4-2/h5-14,33H,3-4H2,1-2H3,(H,30,34)(H,35,36,37). The molecule has 0 saturated heterocycles. The molecule has 39 heavy (non-hydrogen) atoms. The highest BCUT2D eigenvalue weighted by Crippen LogP contribution is 2.41. The number of nitrogens with zero attached hydrogens (tertiary/aromatic N) is 2. The zero-order valence-corrected chi connectivity index (χ0v) is 23.1. The molecule has 4 aromatic rings. The van der Waals surface area contributed by atoms with Gasteiger partial charge in [-0.15, -0.1) is 5.11 Å². The number of benzene rings is 4. The number of carbonyl (C=O) groups excluding carboxylic acids is 1. The number of phenols is 1. The Hall–Kier alpha value is -3.70. The summed E-state index contributed by atoms with van der Waals surface area (Å²) in [6.45, 7) is 3.81. The summed E-state index contributed by atoms with van der Waals surface area (Å²) in [6, 6.07) is 16.1. The van der Waals surface area contributed by atoms with Crippen LogP contribution in [0.4, 0.5) is 17.1 Å². The van der Waals surface area contributed by atoms with Crippen molar-refractivity contribution in [2.75, 3.05) is 11.9 Å². The number of aryl methyl sites for hydroxylation is 1. The van der Waals surface area contributed by atoms with Gasteiger partial charge >= 0.3 is 0 Å². The third-order valence-electron chi connectivity index (χ3n) is 5.75. The van der Waals surface area contributed by atoms with E-state index in [9.17, 15) is 22.9 Å². The third-order valence-corrected chi connectivity index (χ3v) is 7.46. The summed E-state index contributed by atoms with van der Waals surface area (Å²) in [6.07, 6.45) is 0.245. The number of carbonyl (C=O) groups is 1. The first-order valence-corrected chi connectivity index (χ1v) is 13.9. The summed E-state index contributed by atoms with van der Waals surface area (Å²) < 4.78 is 38.6. The van der Waals surface area contributed by atoms with Crippen LogP contribution in [-0.4, -0.2) is 30.6 Å². The van der Waals surface area contributed by atoms with Crippen LogP contribution in [0.15, 0.2) is 75.8 Å². The lowest BCUT2D eigenvalue weighted by atomic mass is 10.0. The van der Waals surface area contributed by atoms with Gasteiger partial charge in [-0.3, -0.25) is 9.35 Å². The van der Waals surface area contributed by atoms with Gasteiger partial charge in [0.2, 0.25) is 0 Å². The zero-order chi connectivity index (χ0) is 28.3. The van der Waals surface area contributed by atoms with Crippen LogP contribution in [0.25, 0.3) is 10.8 Å². The second kappa shape index (κ2) is 11.6. The second-order valence-corrected chi connectivity index (χ2v) is 10.5. The SMILES string of the molecule is CCOc1c(Cl)cccc1NC(=O)c1cc2ccccc2c(N=Nc2cc(Cl)c(S(=O)(=O)O)c(CC)c2)c1O. The van der Waals surface area contributed by atoms with E-state index in [4.69, 9.17) is 27.9 Å². The Bertz CT molecular complexity index is 1720. The Morgan fingerprint density at radius 2 is 1.74 bits per heavy atom. The van der Waals surface area contributed by atoms with Gasteiger partial charge in [-0.2, -0.15) is 13.5 Å². The summed E-state index contributed by atoms with van der Waals surface area (Å²) in [7, 11) is -4.55. The highest BCUT2D eigenvalue weighted by Gasteiger charge is 2.22. The fourth-order valence-electron chi connectivity index (χ4n) is 4.03. The molecule has 4 rings (SSSR count). The molecule has 202 valence electrons. The molecule has 3 N–H and O–H groups in total. The molecule has 0 atom stereocenters. The minimum absolute atomic E-state index is 0.0161. The van der Waals surface area contributed by atoms with Gasteiger partial charge in [0.15, 0.2) is 11.5 Å². The number of nitrogens with one attached hydrogen (secondary N) is 1. The molecule has 0 unspecified atom stereocenters. The number of fused-ring (bicyclic) bond motifs is 1. The first-order chi connectivity index (χ1) is 18.5. The Labute approximate surface area is 234 Å². The van der Waals surface area contributed by atoms with Crippen LogP contribution in [0.2, 0.25) is 10.0 Å². The predicted molar refractivity (Wildman–Crippen MR) is 151 cm³/mol. The van der Waals surface area contributed by atoms with E-state index in [-0.39, 0.29) is 33.9 Å². The highest BCUT2D eigenvalue weighted by molar-refractivity contribution is 7.86. The summed E-state index contributed by atoms with van der Waals surface area (Å²) in [5, 5.41) is 23.4. The highest BCUT2D eigenvalue weighted by atomic mass is 35.5. The third kappa shape index (κ3) is 5.99. The van der Waals surface area contributed by atoms with Gasteiger partial charge in [0.05, 0.1) is 33.6 Å². The number of hydrogen-bond donors (Lipinski definition) is 3. The average molecular weight is 588 g/mol. The van der Waals surface area contributed by atoms with E-state index in [1.54, 1.807) is 56.3 Å². The summed E-state index contributed by atoms with van der Waals surface area (Å²) >= 11 is 12.4. The van der Waals surface area contributed by atoms with Crippen molar-refractivity contribution < 1.29 is 27.6 Å². The van der Waals surface area contributed by atoms with Crippen LogP contribution in [0.3, 0.4) is 0 Å². The topological polar surface area (TPSA) is 138 Å². The largest absolute Gasteiger partial charge is 0.505 e. The Balaban J connectivity index is 1.79. The number of halogens is 2. The molecule has 0 bridgehead atoms. The van der Waals surface area contributed by atoms with Crippen molar-refractivity contribution in [3.8, 4) is 11.5 Å². The number of amides is 1. The maximum Gasteiger partial charge on any atom is 0.296 e. The molecule has 0 heterocycles. The van der Waals surface area contributed by atoms with E-state index in [0.29, 0.717) is 33.8 Å². The molecular weight excluding hydrogens is 565 g/mol. The van der Waals surface area contributed by atoms with Gasteiger partial charge in [-0.05, 0) is 54.6 Å². The van der Waals surface area contributed by atoms with E-state index in [0.717, 1.165) is 0 Å².